The minimum absolute atomic E-state index is 0.0199. The van der Waals surface area contributed by atoms with Crippen molar-refractivity contribution in [1.29, 1.82) is 0 Å². The monoisotopic (exact) mass is 283 g/mol. The first-order valence-electron chi connectivity index (χ1n) is 6.69. The van der Waals surface area contributed by atoms with E-state index in [0.29, 0.717) is 29.7 Å². The van der Waals surface area contributed by atoms with Crippen LogP contribution < -0.4 is 11.1 Å². The maximum atomic E-state index is 11.9. The third kappa shape index (κ3) is 5.17. The number of carbonyl (C=O) groups is 1. The van der Waals surface area contributed by atoms with Gasteiger partial charge in [0.1, 0.15) is 0 Å². The van der Waals surface area contributed by atoms with Crippen LogP contribution in [-0.4, -0.2) is 17.4 Å². The van der Waals surface area contributed by atoms with Gasteiger partial charge in [-0.1, -0.05) is 24.9 Å². The first-order valence-corrected chi connectivity index (χ1v) is 7.07. The van der Waals surface area contributed by atoms with Gasteiger partial charge < -0.3 is 11.1 Å². The Balaban J connectivity index is 2.51. The van der Waals surface area contributed by atoms with E-state index in [-0.39, 0.29) is 5.91 Å². The summed E-state index contributed by atoms with van der Waals surface area (Å²) in [5, 5.41) is 3.17. The van der Waals surface area contributed by atoms with E-state index in [0.717, 1.165) is 24.8 Å². The summed E-state index contributed by atoms with van der Waals surface area (Å²) in [6, 6.07) is 1.82. The van der Waals surface area contributed by atoms with E-state index >= 15 is 0 Å². The number of nitrogens with one attached hydrogen (secondary N) is 1. The first kappa shape index (κ1) is 15.9. The van der Waals surface area contributed by atoms with E-state index in [1.807, 2.05) is 13.0 Å². The molecule has 0 saturated heterocycles. The van der Waals surface area contributed by atoms with Gasteiger partial charge in [-0.2, -0.15) is 0 Å². The number of aromatic nitrogens is 1. The molecule has 3 N–H and O–H groups in total. The molecule has 19 heavy (non-hydrogen) atoms. The first-order chi connectivity index (χ1) is 9.08. The standard InChI is InChI=1S/C14H22ClN3O/c1-3-11(6-8-16)4-5-12(19)18-13-10(2)7-9-17-14(13)15/h7,9,11H,3-6,8,16H2,1-2H3,(H,18,19). The van der Waals surface area contributed by atoms with Crippen LogP contribution in [-0.2, 0) is 4.79 Å². The number of hydrogen-bond donors (Lipinski definition) is 2. The third-order valence-electron chi connectivity index (χ3n) is 3.31. The van der Waals surface area contributed by atoms with Crippen LogP contribution in [0.2, 0.25) is 5.15 Å². The van der Waals surface area contributed by atoms with E-state index in [1.165, 1.54) is 0 Å². The van der Waals surface area contributed by atoms with Gasteiger partial charge in [0.15, 0.2) is 5.15 Å². The van der Waals surface area contributed by atoms with Gasteiger partial charge in [-0.05, 0) is 43.9 Å². The molecule has 5 heteroatoms. The fraction of sp³-hybridized carbons (Fsp3) is 0.571. The maximum absolute atomic E-state index is 11.9. The third-order valence-corrected chi connectivity index (χ3v) is 3.60. The highest BCUT2D eigenvalue weighted by molar-refractivity contribution is 6.32. The molecule has 0 aliphatic carbocycles. The summed E-state index contributed by atoms with van der Waals surface area (Å²) in [6.45, 7) is 4.69. The van der Waals surface area contributed by atoms with Gasteiger partial charge in [-0.15, -0.1) is 0 Å². The van der Waals surface area contributed by atoms with E-state index in [4.69, 9.17) is 17.3 Å². The molecule has 1 unspecified atom stereocenters. The summed E-state index contributed by atoms with van der Waals surface area (Å²) in [4.78, 5) is 15.9. The number of nitrogens with zero attached hydrogens (tertiary/aromatic N) is 1. The van der Waals surface area contributed by atoms with Crippen molar-refractivity contribution in [2.45, 2.75) is 39.5 Å². The summed E-state index contributed by atoms with van der Waals surface area (Å²) < 4.78 is 0. The molecule has 1 heterocycles. The molecule has 0 spiro atoms. The lowest BCUT2D eigenvalue weighted by atomic mass is 9.96. The smallest absolute Gasteiger partial charge is 0.224 e. The van der Waals surface area contributed by atoms with Crippen molar-refractivity contribution in [3.63, 3.8) is 0 Å². The van der Waals surface area contributed by atoms with Crippen LogP contribution in [0.1, 0.15) is 38.2 Å². The van der Waals surface area contributed by atoms with Crippen LogP contribution >= 0.6 is 11.6 Å². The molecule has 1 rings (SSSR count). The predicted molar refractivity (Wildman–Crippen MR) is 79.3 cm³/mol. The van der Waals surface area contributed by atoms with Crippen molar-refractivity contribution < 1.29 is 4.79 Å². The molecule has 0 saturated carbocycles. The number of rotatable bonds is 7. The lowest BCUT2D eigenvalue weighted by Crippen LogP contribution is -2.16. The Bertz CT molecular complexity index is 403. The predicted octanol–water partition coefficient (Wildman–Crippen LogP) is 3.14. The van der Waals surface area contributed by atoms with E-state index in [1.54, 1.807) is 6.20 Å². The Morgan fingerprint density at radius 2 is 2.26 bits per heavy atom. The van der Waals surface area contributed by atoms with Gasteiger partial charge in [0.05, 0.1) is 5.69 Å². The zero-order chi connectivity index (χ0) is 14.3. The van der Waals surface area contributed by atoms with Crippen LogP contribution in [0.4, 0.5) is 5.69 Å². The Hall–Kier alpha value is -1.13. The van der Waals surface area contributed by atoms with Crippen molar-refractivity contribution in [3.05, 3.63) is 23.0 Å². The molecule has 1 aromatic rings. The average Bonchev–Trinajstić information content (AvgIpc) is 2.39. The fourth-order valence-corrected chi connectivity index (χ4v) is 2.25. The van der Waals surface area contributed by atoms with Crippen LogP contribution in [0.5, 0.6) is 0 Å². The summed E-state index contributed by atoms with van der Waals surface area (Å²) >= 11 is 5.97. The average molecular weight is 284 g/mol. The van der Waals surface area contributed by atoms with Crippen molar-refractivity contribution in [2.24, 2.45) is 11.7 Å². The second kappa shape index (κ2) is 8.12. The zero-order valence-electron chi connectivity index (χ0n) is 11.6. The summed E-state index contributed by atoms with van der Waals surface area (Å²) in [6.07, 6.45) is 4.99. The number of pyridine rings is 1. The van der Waals surface area contributed by atoms with Crippen LogP contribution in [0, 0.1) is 12.8 Å². The highest BCUT2D eigenvalue weighted by Crippen LogP contribution is 2.23. The molecule has 0 aliphatic rings. The zero-order valence-corrected chi connectivity index (χ0v) is 12.3. The Morgan fingerprint density at radius 1 is 1.53 bits per heavy atom. The van der Waals surface area contributed by atoms with Gasteiger partial charge in [0.2, 0.25) is 5.91 Å². The molecule has 0 bridgehead atoms. The molecular formula is C14H22ClN3O. The largest absolute Gasteiger partial charge is 0.330 e. The number of carbonyl (C=O) groups excluding carboxylic acids is 1. The van der Waals surface area contributed by atoms with Crippen LogP contribution in [0.15, 0.2) is 12.3 Å². The van der Waals surface area contributed by atoms with Crippen LogP contribution in [0.25, 0.3) is 0 Å². The van der Waals surface area contributed by atoms with Crippen molar-refractivity contribution in [3.8, 4) is 0 Å². The normalized spacial score (nSPS) is 12.2. The quantitative estimate of drug-likeness (QED) is 0.756. The van der Waals surface area contributed by atoms with Gasteiger partial charge >= 0.3 is 0 Å². The molecular weight excluding hydrogens is 262 g/mol. The highest BCUT2D eigenvalue weighted by atomic mass is 35.5. The van der Waals surface area contributed by atoms with Gasteiger partial charge in [0, 0.05) is 12.6 Å². The number of nitrogens with two attached hydrogens (primary N) is 1. The van der Waals surface area contributed by atoms with Crippen molar-refractivity contribution in [2.75, 3.05) is 11.9 Å². The molecule has 0 radical (unpaired) electrons. The summed E-state index contributed by atoms with van der Waals surface area (Å²) in [5.74, 6) is 0.495. The SMILES string of the molecule is CCC(CCN)CCC(=O)Nc1c(C)ccnc1Cl. The summed E-state index contributed by atoms with van der Waals surface area (Å²) in [5.41, 5.74) is 7.08. The van der Waals surface area contributed by atoms with Gasteiger partial charge in [-0.25, -0.2) is 4.98 Å². The number of amides is 1. The Kier molecular flexibility index (Phi) is 6.81. The number of aryl methyl sites for hydroxylation is 1. The molecule has 4 nitrogen and oxygen atoms in total. The van der Waals surface area contributed by atoms with E-state index in [2.05, 4.69) is 17.2 Å². The van der Waals surface area contributed by atoms with E-state index in [9.17, 15) is 4.79 Å². The second-order valence-corrected chi connectivity index (χ2v) is 5.09. The van der Waals surface area contributed by atoms with Gasteiger partial charge in [0.25, 0.3) is 0 Å². The fourth-order valence-electron chi connectivity index (χ4n) is 2.00. The molecule has 0 aliphatic heterocycles. The number of hydrogen-bond acceptors (Lipinski definition) is 3. The number of halogens is 1. The second-order valence-electron chi connectivity index (χ2n) is 4.73. The van der Waals surface area contributed by atoms with Crippen molar-refractivity contribution >= 4 is 23.2 Å². The Morgan fingerprint density at radius 3 is 2.84 bits per heavy atom. The molecule has 1 aromatic heterocycles. The Labute approximate surface area is 119 Å². The topological polar surface area (TPSA) is 68.0 Å². The van der Waals surface area contributed by atoms with E-state index < -0.39 is 0 Å². The molecule has 106 valence electrons. The van der Waals surface area contributed by atoms with Crippen molar-refractivity contribution in [1.82, 2.24) is 4.98 Å². The molecule has 0 aromatic carbocycles. The molecule has 1 amide bonds. The maximum Gasteiger partial charge on any atom is 0.224 e. The summed E-state index contributed by atoms with van der Waals surface area (Å²) in [7, 11) is 0. The van der Waals surface area contributed by atoms with Crippen LogP contribution in [0.3, 0.4) is 0 Å². The lowest BCUT2D eigenvalue weighted by molar-refractivity contribution is -0.116. The highest BCUT2D eigenvalue weighted by Gasteiger charge is 2.12. The molecule has 0 fully saturated rings. The molecule has 1 atom stereocenters. The number of anilines is 1. The minimum atomic E-state index is -0.0199. The lowest BCUT2D eigenvalue weighted by Gasteiger charge is -2.14. The van der Waals surface area contributed by atoms with Gasteiger partial charge in [-0.3, -0.25) is 4.79 Å². The minimum Gasteiger partial charge on any atom is -0.330 e.